The highest BCUT2D eigenvalue weighted by Crippen LogP contribution is 2.36. The first kappa shape index (κ1) is 14.5. The van der Waals surface area contributed by atoms with Crippen LogP contribution in [0.25, 0.3) is 0 Å². The van der Waals surface area contributed by atoms with E-state index in [1.54, 1.807) is 0 Å². The largest absolute Gasteiger partial charge is 0.313 e. The van der Waals surface area contributed by atoms with Crippen LogP contribution in [-0.4, -0.2) is 7.05 Å². The molecule has 0 heterocycles. The van der Waals surface area contributed by atoms with Gasteiger partial charge in [-0.15, -0.1) is 0 Å². The lowest BCUT2D eigenvalue weighted by Crippen LogP contribution is -2.19. The summed E-state index contributed by atoms with van der Waals surface area (Å²) in [6, 6.07) is 4.92. The first-order valence-corrected chi connectivity index (χ1v) is 8.33. The van der Waals surface area contributed by atoms with Crippen LogP contribution >= 0.6 is 31.9 Å². The Morgan fingerprint density at radius 2 is 1.89 bits per heavy atom. The zero-order valence-corrected chi connectivity index (χ0v) is 14.3. The third-order valence-electron chi connectivity index (χ3n) is 4.05. The van der Waals surface area contributed by atoms with E-state index in [9.17, 15) is 0 Å². The van der Waals surface area contributed by atoms with Crippen LogP contribution in [-0.2, 0) is 0 Å². The van der Waals surface area contributed by atoms with Gasteiger partial charge in [0, 0.05) is 15.0 Å². The van der Waals surface area contributed by atoms with Crippen LogP contribution in [0.2, 0.25) is 0 Å². The lowest BCUT2D eigenvalue weighted by Gasteiger charge is -2.22. The molecule has 18 heavy (non-hydrogen) atoms. The van der Waals surface area contributed by atoms with Crippen molar-refractivity contribution >= 4 is 31.9 Å². The molecule has 1 nitrogen and oxygen atoms in total. The maximum absolute atomic E-state index is 3.71. The van der Waals surface area contributed by atoms with Gasteiger partial charge in [0.25, 0.3) is 0 Å². The van der Waals surface area contributed by atoms with E-state index in [4.69, 9.17) is 0 Å². The highest BCUT2D eigenvalue weighted by molar-refractivity contribution is 9.11. The average molecular weight is 375 g/mol. The average Bonchev–Trinajstić information content (AvgIpc) is 2.84. The Balaban J connectivity index is 2.18. The first-order chi connectivity index (χ1) is 8.61. The molecule has 0 radical (unpaired) electrons. The van der Waals surface area contributed by atoms with Crippen molar-refractivity contribution in [3.05, 3.63) is 32.2 Å². The fourth-order valence-electron chi connectivity index (χ4n) is 2.91. The quantitative estimate of drug-likeness (QED) is 0.747. The maximum atomic E-state index is 3.71. The topological polar surface area (TPSA) is 12.0 Å². The van der Waals surface area contributed by atoms with Crippen molar-refractivity contribution in [2.24, 2.45) is 5.92 Å². The second-order valence-electron chi connectivity index (χ2n) is 5.35. The molecule has 2 rings (SSSR count). The molecule has 1 aliphatic rings. The predicted molar refractivity (Wildman–Crippen MR) is 85.0 cm³/mol. The highest BCUT2D eigenvalue weighted by Gasteiger charge is 2.22. The summed E-state index contributed by atoms with van der Waals surface area (Å²) in [6.07, 6.45) is 6.90. The number of aryl methyl sites for hydroxylation is 1. The maximum Gasteiger partial charge on any atom is 0.0331 e. The molecule has 0 saturated heterocycles. The molecule has 1 saturated carbocycles. The third kappa shape index (κ3) is 3.37. The minimum atomic E-state index is 0.458. The van der Waals surface area contributed by atoms with Gasteiger partial charge in [0.2, 0.25) is 0 Å². The van der Waals surface area contributed by atoms with Crippen molar-refractivity contribution in [1.82, 2.24) is 5.32 Å². The molecule has 0 aliphatic heterocycles. The fourth-order valence-corrected chi connectivity index (χ4v) is 4.00. The highest BCUT2D eigenvalue weighted by atomic mass is 79.9. The van der Waals surface area contributed by atoms with Gasteiger partial charge < -0.3 is 5.32 Å². The van der Waals surface area contributed by atoms with E-state index in [1.165, 1.54) is 52.2 Å². The normalized spacial score (nSPS) is 18.2. The van der Waals surface area contributed by atoms with Crippen LogP contribution in [0.4, 0.5) is 0 Å². The SMILES string of the molecule is CNC(CC1CCCC1)c1cc(Br)c(C)cc1Br. The molecule has 1 atom stereocenters. The monoisotopic (exact) mass is 373 g/mol. The number of nitrogens with one attached hydrogen (secondary N) is 1. The van der Waals surface area contributed by atoms with Crippen LogP contribution in [0.15, 0.2) is 21.1 Å². The van der Waals surface area contributed by atoms with E-state index >= 15 is 0 Å². The minimum absolute atomic E-state index is 0.458. The molecule has 1 N–H and O–H groups in total. The molecule has 1 fully saturated rings. The number of hydrogen-bond donors (Lipinski definition) is 1. The van der Waals surface area contributed by atoms with E-state index in [0.717, 1.165) is 5.92 Å². The molecule has 3 heteroatoms. The van der Waals surface area contributed by atoms with Crippen LogP contribution in [0.1, 0.15) is 49.3 Å². The Morgan fingerprint density at radius 3 is 2.50 bits per heavy atom. The van der Waals surface area contributed by atoms with E-state index in [2.05, 4.69) is 63.3 Å². The molecular weight excluding hydrogens is 354 g/mol. The van der Waals surface area contributed by atoms with Gasteiger partial charge in [-0.2, -0.15) is 0 Å². The van der Waals surface area contributed by atoms with Crippen LogP contribution in [0.3, 0.4) is 0 Å². The zero-order chi connectivity index (χ0) is 13.1. The summed E-state index contributed by atoms with van der Waals surface area (Å²) >= 11 is 7.35. The smallest absolute Gasteiger partial charge is 0.0331 e. The van der Waals surface area contributed by atoms with Crippen LogP contribution in [0.5, 0.6) is 0 Å². The number of benzene rings is 1. The standard InChI is InChI=1S/C15H21Br2N/c1-10-7-14(17)12(9-13(10)16)15(18-2)8-11-5-3-4-6-11/h7,9,11,15,18H,3-6,8H2,1-2H3. The molecule has 1 unspecified atom stereocenters. The third-order valence-corrected chi connectivity index (χ3v) is 5.59. The summed E-state index contributed by atoms with van der Waals surface area (Å²) in [4.78, 5) is 0. The van der Waals surface area contributed by atoms with Gasteiger partial charge in [0.15, 0.2) is 0 Å². The van der Waals surface area contributed by atoms with E-state index in [0.29, 0.717) is 6.04 Å². The van der Waals surface area contributed by atoms with Gasteiger partial charge >= 0.3 is 0 Å². The second kappa shape index (κ2) is 6.53. The molecular formula is C15H21Br2N. The van der Waals surface area contributed by atoms with Gasteiger partial charge in [0.1, 0.15) is 0 Å². The lowest BCUT2D eigenvalue weighted by molar-refractivity contribution is 0.412. The van der Waals surface area contributed by atoms with E-state index in [1.807, 2.05) is 0 Å². The lowest BCUT2D eigenvalue weighted by atomic mass is 9.93. The Labute approximate surface area is 127 Å². The van der Waals surface area contributed by atoms with Crippen LogP contribution < -0.4 is 5.32 Å². The Bertz CT molecular complexity index is 411. The molecule has 0 aromatic heterocycles. The summed E-state index contributed by atoms with van der Waals surface area (Å²) in [5.74, 6) is 0.898. The van der Waals surface area contributed by atoms with Crippen molar-refractivity contribution in [2.45, 2.75) is 45.1 Å². The van der Waals surface area contributed by atoms with Gasteiger partial charge in [0.05, 0.1) is 0 Å². The molecule has 0 bridgehead atoms. The van der Waals surface area contributed by atoms with Crippen molar-refractivity contribution in [1.29, 1.82) is 0 Å². The number of rotatable bonds is 4. The van der Waals surface area contributed by atoms with E-state index < -0.39 is 0 Å². The summed E-state index contributed by atoms with van der Waals surface area (Å²) in [6.45, 7) is 2.13. The zero-order valence-electron chi connectivity index (χ0n) is 11.1. The van der Waals surface area contributed by atoms with Crippen molar-refractivity contribution in [3.63, 3.8) is 0 Å². The molecule has 0 amide bonds. The molecule has 1 aromatic rings. The summed E-state index contributed by atoms with van der Waals surface area (Å²) < 4.78 is 2.42. The van der Waals surface area contributed by atoms with E-state index in [-0.39, 0.29) is 0 Å². The number of halogens is 2. The fraction of sp³-hybridized carbons (Fsp3) is 0.600. The van der Waals surface area contributed by atoms with Gasteiger partial charge in [-0.1, -0.05) is 57.5 Å². The molecule has 1 aliphatic carbocycles. The second-order valence-corrected chi connectivity index (χ2v) is 7.06. The molecule has 1 aromatic carbocycles. The minimum Gasteiger partial charge on any atom is -0.313 e. The van der Waals surface area contributed by atoms with Crippen molar-refractivity contribution in [2.75, 3.05) is 7.05 Å². The Morgan fingerprint density at radius 1 is 1.22 bits per heavy atom. The van der Waals surface area contributed by atoms with Gasteiger partial charge in [-0.3, -0.25) is 0 Å². The Kier molecular flexibility index (Phi) is 5.28. The summed E-state index contributed by atoms with van der Waals surface area (Å²) in [7, 11) is 2.07. The van der Waals surface area contributed by atoms with Crippen LogP contribution in [0, 0.1) is 12.8 Å². The first-order valence-electron chi connectivity index (χ1n) is 6.74. The van der Waals surface area contributed by atoms with Gasteiger partial charge in [-0.25, -0.2) is 0 Å². The predicted octanol–water partition coefficient (Wildman–Crippen LogP) is 5.36. The molecule has 0 spiro atoms. The number of hydrogen-bond acceptors (Lipinski definition) is 1. The van der Waals surface area contributed by atoms with Crippen molar-refractivity contribution < 1.29 is 0 Å². The molecule has 100 valence electrons. The van der Waals surface area contributed by atoms with Crippen molar-refractivity contribution in [3.8, 4) is 0 Å². The Hall–Kier alpha value is 0.140. The summed E-state index contributed by atoms with van der Waals surface area (Å²) in [5, 5.41) is 3.48. The van der Waals surface area contributed by atoms with Gasteiger partial charge in [-0.05, 0) is 49.6 Å². The summed E-state index contributed by atoms with van der Waals surface area (Å²) in [5.41, 5.74) is 2.66.